The van der Waals surface area contributed by atoms with Crippen LogP contribution in [0.3, 0.4) is 0 Å². The molecule has 0 saturated carbocycles. The molecule has 8 heteroatoms. The third kappa shape index (κ3) is 4.28. The molecule has 0 unspecified atom stereocenters. The van der Waals surface area contributed by atoms with E-state index in [1.165, 1.54) is 30.6 Å². The zero-order valence-corrected chi connectivity index (χ0v) is 15.1. The van der Waals surface area contributed by atoms with E-state index in [1.54, 1.807) is 6.07 Å². The number of amides is 1. The fraction of sp³-hybridized carbons (Fsp3) is 0.0556. The van der Waals surface area contributed by atoms with Gasteiger partial charge in [0.2, 0.25) is 5.95 Å². The number of nitrogens with zero attached hydrogens (tertiary/aromatic N) is 2. The first-order chi connectivity index (χ1) is 12.4. The van der Waals surface area contributed by atoms with Gasteiger partial charge in [-0.05, 0) is 42.8 Å². The van der Waals surface area contributed by atoms with Crippen molar-refractivity contribution in [1.82, 2.24) is 9.97 Å². The molecule has 1 amide bonds. The van der Waals surface area contributed by atoms with Crippen molar-refractivity contribution in [2.75, 3.05) is 10.6 Å². The second-order valence-electron chi connectivity index (χ2n) is 5.47. The van der Waals surface area contributed by atoms with E-state index in [0.29, 0.717) is 16.7 Å². The fourth-order valence-electron chi connectivity index (χ4n) is 2.09. The van der Waals surface area contributed by atoms with E-state index in [1.807, 2.05) is 19.1 Å². The van der Waals surface area contributed by atoms with Gasteiger partial charge in [0, 0.05) is 28.8 Å². The van der Waals surface area contributed by atoms with E-state index in [9.17, 15) is 9.18 Å². The summed E-state index contributed by atoms with van der Waals surface area (Å²) in [7, 11) is 0. The van der Waals surface area contributed by atoms with Crippen LogP contribution in [0, 0.1) is 12.7 Å². The average Bonchev–Trinajstić information content (AvgIpc) is 2.62. The predicted molar refractivity (Wildman–Crippen MR) is 101 cm³/mol. The lowest BCUT2D eigenvalue weighted by Gasteiger charge is -2.08. The molecule has 26 heavy (non-hydrogen) atoms. The molecule has 0 aliphatic heterocycles. The van der Waals surface area contributed by atoms with Gasteiger partial charge in [-0.25, -0.2) is 14.4 Å². The van der Waals surface area contributed by atoms with E-state index in [0.717, 1.165) is 11.3 Å². The molecule has 0 aliphatic rings. The smallest absolute Gasteiger partial charge is 0.258 e. The van der Waals surface area contributed by atoms with Crippen molar-refractivity contribution in [1.29, 1.82) is 0 Å². The highest BCUT2D eigenvalue weighted by Gasteiger charge is 2.09. The summed E-state index contributed by atoms with van der Waals surface area (Å²) in [6.07, 6.45) is 2.76. The lowest BCUT2D eigenvalue weighted by atomic mass is 10.2. The zero-order chi connectivity index (χ0) is 18.7. The number of halogens is 3. The van der Waals surface area contributed by atoms with Crippen LogP contribution >= 0.6 is 23.2 Å². The number of carbonyl (C=O) groups excluding carboxylic acids is 1. The number of aryl methyl sites for hydroxylation is 1. The summed E-state index contributed by atoms with van der Waals surface area (Å²) >= 11 is 11.8. The monoisotopic (exact) mass is 390 g/mol. The molecule has 1 aromatic heterocycles. The third-order valence-electron chi connectivity index (χ3n) is 3.52. The average molecular weight is 391 g/mol. The van der Waals surface area contributed by atoms with Crippen molar-refractivity contribution < 1.29 is 9.18 Å². The van der Waals surface area contributed by atoms with Crippen LogP contribution in [0.4, 0.5) is 21.7 Å². The Bertz CT molecular complexity index is 964. The lowest BCUT2D eigenvalue weighted by molar-refractivity contribution is 0.102. The number of hydrogen-bond donors (Lipinski definition) is 2. The first-order valence-corrected chi connectivity index (χ1v) is 8.29. The minimum absolute atomic E-state index is 0.0737. The molecule has 0 fully saturated rings. The summed E-state index contributed by atoms with van der Waals surface area (Å²) in [5.41, 5.74) is 2.32. The quantitative estimate of drug-likeness (QED) is 0.640. The largest absolute Gasteiger partial charge is 0.324 e. The molecule has 0 atom stereocenters. The van der Waals surface area contributed by atoms with Gasteiger partial charge in [0.25, 0.3) is 5.91 Å². The molecular formula is C18H13Cl2FN4O. The minimum Gasteiger partial charge on any atom is -0.324 e. The summed E-state index contributed by atoms with van der Waals surface area (Å²) < 4.78 is 13.1. The Morgan fingerprint density at radius 2 is 1.65 bits per heavy atom. The lowest BCUT2D eigenvalue weighted by Crippen LogP contribution is -2.13. The van der Waals surface area contributed by atoms with Gasteiger partial charge in [0.15, 0.2) is 0 Å². The highest BCUT2D eigenvalue weighted by Crippen LogP contribution is 2.22. The highest BCUT2D eigenvalue weighted by atomic mass is 35.5. The van der Waals surface area contributed by atoms with E-state index in [-0.39, 0.29) is 10.6 Å². The maximum atomic E-state index is 13.1. The third-order valence-corrected chi connectivity index (χ3v) is 4.22. The van der Waals surface area contributed by atoms with E-state index >= 15 is 0 Å². The molecule has 0 bridgehead atoms. The fourth-order valence-corrected chi connectivity index (χ4v) is 2.45. The molecule has 0 saturated heterocycles. The van der Waals surface area contributed by atoms with Crippen molar-refractivity contribution >= 4 is 46.4 Å². The highest BCUT2D eigenvalue weighted by molar-refractivity contribution is 6.31. The van der Waals surface area contributed by atoms with Gasteiger partial charge in [-0.3, -0.25) is 4.79 Å². The second-order valence-corrected chi connectivity index (χ2v) is 6.28. The molecule has 2 aromatic carbocycles. The van der Waals surface area contributed by atoms with Crippen molar-refractivity contribution in [3.05, 3.63) is 75.8 Å². The molecule has 3 aromatic rings. The second kappa shape index (κ2) is 7.68. The van der Waals surface area contributed by atoms with Gasteiger partial charge in [0.1, 0.15) is 5.82 Å². The maximum absolute atomic E-state index is 13.1. The van der Waals surface area contributed by atoms with E-state index in [2.05, 4.69) is 20.6 Å². The Morgan fingerprint density at radius 1 is 1.00 bits per heavy atom. The summed E-state index contributed by atoms with van der Waals surface area (Å²) in [5, 5.41) is 6.16. The molecule has 132 valence electrons. The first-order valence-electron chi connectivity index (χ1n) is 7.54. The minimum atomic E-state index is -0.556. The van der Waals surface area contributed by atoms with Crippen LogP contribution in [-0.4, -0.2) is 15.9 Å². The normalized spacial score (nSPS) is 10.5. The Hall–Kier alpha value is -2.70. The van der Waals surface area contributed by atoms with Gasteiger partial charge in [-0.1, -0.05) is 29.3 Å². The summed E-state index contributed by atoms with van der Waals surface area (Å²) in [6, 6.07) is 9.40. The summed E-state index contributed by atoms with van der Waals surface area (Å²) in [4.78, 5) is 20.4. The SMILES string of the molecule is Cc1ccc(Nc2ncc(C(=O)Nc3ccc(F)c(Cl)c3)cn2)cc1Cl. The van der Waals surface area contributed by atoms with Gasteiger partial charge in [-0.15, -0.1) is 0 Å². The van der Waals surface area contributed by atoms with Crippen LogP contribution in [0.25, 0.3) is 0 Å². The van der Waals surface area contributed by atoms with Crippen molar-refractivity contribution in [3.8, 4) is 0 Å². The van der Waals surface area contributed by atoms with Gasteiger partial charge in [0.05, 0.1) is 10.6 Å². The number of hydrogen-bond acceptors (Lipinski definition) is 4. The predicted octanol–water partition coefficient (Wildman–Crippen LogP) is 5.23. The number of benzene rings is 2. The number of aromatic nitrogens is 2. The molecule has 1 heterocycles. The Balaban J connectivity index is 1.69. The molecular weight excluding hydrogens is 378 g/mol. The zero-order valence-electron chi connectivity index (χ0n) is 13.6. The number of rotatable bonds is 4. The number of anilines is 3. The van der Waals surface area contributed by atoms with Crippen LogP contribution in [-0.2, 0) is 0 Å². The molecule has 0 radical (unpaired) electrons. The molecule has 5 nitrogen and oxygen atoms in total. The maximum Gasteiger partial charge on any atom is 0.258 e. The molecule has 3 rings (SSSR count). The topological polar surface area (TPSA) is 66.9 Å². The van der Waals surface area contributed by atoms with Gasteiger partial charge in [-0.2, -0.15) is 0 Å². The number of carbonyl (C=O) groups is 1. The molecule has 0 aliphatic carbocycles. The van der Waals surface area contributed by atoms with Gasteiger partial charge >= 0.3 is 0 Å². The van der Waals surface area contributed by atoms with Gasteiger partial charge < -0.3 is 10.6 Å². The Kier molecular flexibility index (Phi) is 5.35. The molecule has 2 N–H and O–H groups in total. The van der Waals surface area contributed by atoms with Crippen molar-refractivity contribution in [2.24, 2.45) is 0 Å². The summed E-state index contributed by atoms with van der Waals surface area (Å²) in [5.74, 6) is -0.663. The number of nitrogens with one attached hydrogen (secondary N) is 2. The van der Waals surface area contributed by atoms with Crippen LogP contribution in [0.5, 0.6) is 0 Å². The van der Waals surface area contributed by atoms with Crippen LogP contribution in [0.1, 0.15) is 15.9 Å². The molecule has 0 spiro atoms. The first kappa shape index (κ1) is 18.1. The van der Waals surface area contributed by atoms with Crippen molar-refractivity contribution in [3.63, 3.8) is 0 Å². The van der Waals surface area contributed by atoms with Crippen molar-refractivity contribution in [2.45, 2.75) is 6.92 Å². The van der Waals surface area contributed by atoms with E-state index in [4.69, 9.17) is 23.2 Å². The van der Waals surface area contributed by atoms with Crippen LogP contribution in [0.15, 0.2) is 48.8 Å². The Labute approximate surface area is 159 Å². The van der Waals surface area contributed by atoms with Crippen LogP contribution in [0.2, 0.25) is 10.0 Å². The van der Waals surface area contributed by atoms with E-state index < -0.39 is 11.7 Å². The van der Waals surface area contributed by atoms with Crippen LogP contribution < -0.4 is 10.6 Å². The Morgan fingerprint density at radius 3 is 2.31 bits per heavy atom. The standard InChI is InChI=1S/C18H13Cl2FN4O/c1-10-2-3-13(6-14(10)19)25-18-22-8-11(9-23-18)17(26)24-12-4-5-16(21)15(20)7-12/h2-9H,1H3,(H,24,26)(H,22,23,25). The summed E-state index contributed by atoms with van der Waals surface area (Å²) in [6.45, 7) is 1.91.